The number of carbonyl (C=O) groups is 2. The first-order valence-corrected chi connectivity index (χ1v) is 9.45. The predicted octanol–water partition coefficient (Wildman–Crippen LogP) is 1.72. The van der Waals surface area contributed by atoms with Gasteiger partial charge in [-0.1, -0.05) is 12.8 Å². The van der Waals surface area contributed by atoms with Gasteiger partial charge in [0.2, 0.25) is 5.91 Å². The zero-order chi connectivity index (χ0) is 21.3. The van der Waals surface area contributed by atoms with Crippen molar-refractivity contribution in [2.75, 3.05) is 10.6 Å². The molecule has 0 unspecified atom stereocenters. The van der Waals surface area contributed by atoms with Gasteiger partial charge in [0, 0.05) is 18.2 Å². The molecule has 30 heavy (non-hydrogen) atoms. The fourth-order valence-electron chi connectivity index (χ4n) is 3.57. The summed E-state index contributed by atoms with van der Waals surface area (Å²) in [7, 11) is 0. The molecule has 3 aromatic rings. The maximum atomic E-state index is 13.0. The highest BCUT2D eigenvalue weighted by Gasteiger charge is 2.21. The summed E-state index contributed by atoms with van der Waals surface area (Å²) >= 11 is 0. The lowest BCUT2D eigenvalue weighted by atomic mass is 10.2. The topological polar surface area (TPSA) is 131 Å². The molecule has 156 valence electrons. The second-order valence-electron chi connectivity index (χ2n) is 7.09. The molecule has 10 nitrogen and oxygen atoms in total. The van der Waals surface area contributed by atoms with Gasteiger partial charge < -0.3 is 20.3 Å². The number of carboxylic acid groups (broad SMARTS) is 1. The molecule has 1 amide bonds. The van der Waals surface area contributed by atoms with Crippen molar-refractivity contribution in [3.05, 3.63) is 52.3 Å². The molecule has 3 N–H and O–H groups in total. The van der Waals surface area contributed by atoms with Crippen LogP contribution in [0.25, 0.3) is 5.65 Å². The second-order valence-corrected chi connectivity index (χ2v) is 7.09. The zero-order valence-corrected chi connectivity index (χ0v) is 15.8. The van der Waals surface area contributed by atoms with Crippen LogP contribution in [0.5, 0.6) is 0 Å². The van der Waals surface area contributed by atoms with Crippen molar-refractivity contribution in [2.45, 2.75) is 38.3 Å². The van der Waals surface area contributed by atoms with Gasteiger partial charge in [0.1, 0.15) is 29.5 Å². The first-order chi connectivity index (χ1) is 14.4. The summed E-state index contributed by atoms with van der Waals surface area (Å²) in [6, 6.07) is 5.14. The quantitative estimate of drug-likeness (QED) is 0.560. The highest BCUT2D eigenvalue weighted by Crippen LogP contribution is 2.22. The molecule has 0 saturated heterocycles. The molecule has 3 aromatic heterocycles. The zero-order valence-electron chi connectivity index (χ0n) is 15.8. The lowest BCUT2D eigenvalue weighted by Gasteiger charge is -2.12. The third-order valence-electron chi connectivity index (χ3n) is 4.95. The molecule has 1 fully saturated rings. The van der Waals surface area contributed by atoms with E-state index in [1.807, 2.05) is 0 Å². The first-order valence-electron chi connectivity index (χ1n) is 9.45. The summed E-state index contributed by atoms with van der Waals surface area (Å²) in [5, 5.41) is 19.5. The molecule has 1 aliphatic rings. The average molecular weight is 414 g/mol. The van der Waals surface area contributed by atoms with E-state index in [0.717, 1.165) is 48.5 Å². The van der Waals surface area contributed by atoms with Crippen LogP contribution in [0.4, 0.5) is 16.0 Å². The largest absolute Gasteiger partial charge is 0.477 e. The van der Waals surface area contributed by atoms with Crippen LogP contribution in [0.2, 0.25) is 0 Å². The average Bonchev–Trinajstić information content (AvgIpc) is 3.36. The van der Waals surface area contributed by atoms with Crippen molar-refractivity contribution >= 4 is 29.2 Å². The number of nitrogens with one attached hydrogen (secondary N) is 2. The Balaban J connectivity index is 1.67. The Hall–Kier alpha value is -3.76. The van der Waals surface area contributed by atoms with Crippen LogP contribution < -0.4 is 16.2 Å². The van der Waals surface area contributed by atoms with Crippen molar-refractivity contribution < 1.29 is 19.1 Å². The van der Waals surface area contributed by atoms with Gasteiger partial charge in [-0.2, -0.15) is 4.52 Å². The minimum atomic E-state index is -1.35. The monoisotopic (exact) mass is 414 g/mol. The number of halogens is 1. The van der Waals surface area contributed by atoms with E-state index in [9.17, 15) is 23.9 Å². The Bertz CT molecular complexity index is 1160. The molecular weight excluding hydrogens is 395 g/mol. The highest BCUT2D eigenvalue weighted by molar-refractivity contribution is 5.92. The number of hydrogen-bond acceptors (Lipinski definition) is 6. The molecule has 0 aliphatic heterocycles. The van der Waals surface area contributed by atoms with Crippen LogP contribution in [0.15, 0.2) is 35.3 Å². The number of amides is 1. The third-order valence-corrected chi connectivity index (χ3v) is 4.95. The molecule has 4 rings (SSSR count). The molecule has 0 bridgehead atoms. The molecule has 11 heteroatoms. The van der Waals surface area contributed by atoms with Crippen LogP contribution in [0, 0.1) is 5.82 Å². The Morgan fingerprint density at radius 1 is 1.20 bits per heavy atom. The van der Waals surface area contributed by atoms with Gasteiger partial charge in [0.25, 0.3) is 5.56 Å². The van der Waals surface area contributed by atoms with Gasteiger partial charge in [-0.3, -0.25) is 9.59 Å². The molecule has 0 aromatic carbocycles. The number of pyridine rings is 1. The predicted molar refractivity (Wildman–Crippen MR) is 105 cm³/mol. The lowest BCUT2D eigenvalue weighted by molar-refractivity contribution is -0.116. The van der Waals surface area contributed by atoms with E-state index >= 15 is 0 Å². The fourth-order valence-corrected chi connectivity index (χ4v) is 3.57. The van der Waals surface area contributed by atoms with Crippen molar-refractivity contribution in [3.8, 4) is 0 Å². The van der Waals surface area contributed by atoms with Crippen LogP contribution >= 0.6 is 0 Å². The van der Waals surface area contributed by atoms with Crippen molar-refractivity contribution in [1.29, 1.82) is 0 Å². The van der Waals surface area contributed by atoms with E-state index < -0.39 is 29.8 Å². The number of nitrogens with zero attached hydrogens (tertiary/aromatic N) is 4. The third kappa shape index (κ3) is 4.00. The van der Waals surface area contributed by atoms with Gasteiger partial charge in [-0.25, -0.2) is 14.2 Å². The van der Waals surface area contributed by atoms with Gasteiger partial charge in [0.05, 0.1) is 6.20 Å². The summed E-state index contributed by atoms with van der Waals surface area (Å²) in [6.07, 6.45) is 5.15. The lowest BCUT2D eigenvalue weighted by Crippen LogP contribution is -2.28. The van der Waals surface area contributed by atoms with E-state index in [4.69, 9.17) is 0 Å². The van der Waals surface area contributed by atoms with Gasteiger partial charge >= 0.3 is 5.97 Å². The normalized spacial score (nSPS) is 14.2. The van der Waals surface area contributed by atoms with Crippen molar-refractivity contribution in [3.63, 3.8) is 0 Å². The second kappa shape index (κ2) is 7.93. The number of carboxylic acids is 1. The Morgan fingerprint density at radius 2 is 1.97 bits per heavy atom. The fraction of sp³-hybridized carbons (Fsp3) is 0.316. The summed E-state index contributed by atoms with van der Waals surface area (Å²) in [5.74, 6) is -1.93. The molecule has 1 aliphatic carbocycles. The molecule has 0 spiro atoms. The first kappa shape index (κ1) is 19.6. The summed E-state index contributed by atoms with van der Waals surface area (Å²) in [6.45, 7) is -0.404. The minimum Gasteiger partial charge on any atom is -0.477 e. The van der Waals surface area contributed by atoms with Crippen LogP contribution in [0.3, 0.4) is 0 Å². The van der Waals surface area contributed by atoms with Gasteiger partial charge in [-0.05, 0) is 25.0 Å². The van der Waals surface area contributed by atoms with Crippen LogP contribution in [-0.4, -0.2) is 42.2 Å². The Kier molecular flexibility index (Phi) is 5.17. The maximum absolute atomic E-state index is 13.0. The molecular formula is C19H19FN6O4. The number of rotatable bonds is 6. The Labute approximate surface area is 169 Å². The smallest absolute Gasteiger partial charge is 0.352 e. The molecule has 0 atom stereocenters. The van der Waals surface area contributed by atoms with Crippen LogP contribution in [0.1, 0.15) is 36.2 Å². The van der Waals surface area contributed by atoms with E-state index in [-0.39, 0.29) is 23.2 Å². The number of aromatic carboxylic acids is 1. The van der Waals surface area contributed by atoms with Crippen molar-refractivity contribution in [1.82, 2.24) is 19.2 Å². The van der Waals surface area contributed by atoms with E-state index in [2.05, 4.69) is 20.7 Å². The summed E-state index contributed by atoms with van der Waals surface area (Å²) in [4.78, 5) is 40.3. The van der Waals surface area contributed by atoms with E-state index in [1.165, 1.54) is 10.6 Å². The van der Waals surface area contributed by atoms with E-state index in [0.29, 0.717) is 5.82 Å². The SMILES string of the molecule is O=C(Cn1c(C(=O)O)cc(=O)n2nc(NC3CCCC3)cc12)Nc1ccc(F)cn1. The summed E-state index contributed by atoms with van der Waals surface area (Å²) < 4.78 is 15.2. The minimum absolute atomic E-state index is 0.118. The van der Waals surface area contributed by atoms with Crippen LogP contribution in [-0.2, 0) is 11.3 Å². The number of fused-ring (bicyclic) bond motifs is 1. The molecule has 3 heterocycles. The number of hydrogen-bond donors (Lipinski definition) is 3. The van der Waals surface area contributed by atoms with Crippen molar-refractivity contribution in [2.24, 2.45) is 0 Å². The number of aromatic nitrogens is 4. The molecule has 1 saturated carbocycles. The standard InChI is InChI=1S/C19H19FN6O4/c20-11-5-6-14(21-9-11)23-16(27)10-25-13(19(29)30)7-18(28)26-17(25)8-15(24-26)22-12-3-1-2-4-12/h5-9,12H,1-4,10H2,(H,22,24)(H,29,30)(H,21,23,27). The van der Waals surface area contributed by atoms with E-state index in [1.54, 1.807) is 6.07 Å². The maximum Gasteiger partial charge on any atom is 0.352 e. The summed E-state index contributed by atoms with van der Waals surface area (Å²) in [5.41, 5.74) is -0.789. The van der Waals surface area contributed by atoms with Gasteiger partial charge in [-0.15, -0.1) is 5.10 Å². The Morgan fingerprint density at radius 3 is 2.63 bits per heavy atom. The number of carbonyl (C=O) groups excluding carboxylic acids is 1. The molecule has 0 radical (unpaired) electrons. The highest BCUT2D eigenvalue weighted by atomic mass is 19.1. The number of anilines is 2. The van der Waals surface area contributed by atoms with Gasteiger partial charge in [0.15, 0.2) is 5.82 Å².